The lowest BCUT2D eigenvalue weighted by molar-refractivity contribution is 0.276. The first-order chi connectivity index (χ1) is 8.44. The fraction of sp³-hybridized carbons (Fsp3) is 0.500. The van der Waals surface area contributed by atoms with E-state index in [0.717, 1.165) is 0 Å². The maximum absolute atomic E-state index is 13.6. The van der Waals surface area contributed by atoms with Crippen LogP contribution >= 0.6 is 0 Å². The molecular weight excluding hydrogens is 257 g/mol. The maximum Gasteiger partial charge on any atom is 0.154 e. The Hall–Kier alpha value is -1.14. The number of rotatable bonds is 2. The highest BCUT2D eigenvalue weighted by molar-refractivity contribution is 7.91. The van der Waals surface area contributed by atoms with Crippen LogP contribution in [0.5, 0.6) is 0 Å². The number of aliphatic hydroxyl groups is 1. The van der Waals surface area contributed by atoms with Crippen molar-refractivity contribution in [2.75, 3.05) is 23.0 Å². The quantitative estimate of drug-likeness (QED) is 0.871. The summed E-state index contributed by atoms with van der Waals surface area (Å²) in [4.78, 5) is 1.84. The molecule has 0 aromatic heterocycles. The molecule has 1 unspecified atom stereocenters. The summed E-state index contributed by atoms with van der Waals surface area (Å²) in [6, 6.07) is 4.36. The van der Waals surface area contributed by atoms with Gasteiger partial charge in [-0.1, -0.05) is 6.07 Å². The van der Waals surface area contributed by atoms with E-state index in [2.05, 4.69) is 0 Å². The number of anilines is 1. The lowest BCUT2D eigenvalue weighted by atomic mass is 10.1. The number of sulfone groups is 1. The van der Waals surface area contributed by atoms with Crippen molar-refractivity contribution in [1.29, 1.82) is 0 Å². The molecule has 0 bridgehead atoms. The summed E-state index contributed by atoms with van der Waals surface area (Å²) >= 11 is 0. The van der Waals surface area contributed by atoms with E-state index < -0.39 is 22.3 Å². The Bertz CT molecular complexity index is 544. The summed E-state index contributed by atoms with van der Waals surface area (Å²) in [6.45, 7) is 1.74. The van der Waals surface area contributed by atoms with E-state index in [-0.39, 0.29) is 23.1 Å². The van der Waals surface area contributed by atoms with Crippen molar-refractivity contribution in [2.45, 2.75) is 19.6 Å². The topological polar surface area (TPSA) is 57.6 Å². The molecular formula is C12H16FNO3S. The summed E-state index contributed by atoms with van der Waals surface area (Å²) in [6.07, 6.45) is 0. The van der Waals surface area contributed by atoms with Gasteiger partial charge in [0, 0.05) is 23.8 Å². The van der Waals surface area contributed by atoms with Crippen LogP contribution in [0.15, 0.2) is 18.2 Å². The zero-order chi connectivity index (χ0) is 13.3. The smallest absolute Gasteiger partial charge is 0.154 e. The van der Waals surface area contributed by atoms with Crippen LogP contribution in [-0.2, 0) is 16.4 Å². The third kappa shape index (κ3) is 2.49. The highest BCUT2D eigenvalue weighted by atomic mass is 32.2. The van der Waals surface area contributed by atoms with Crippen molar-refractivity contribution in [3.05, 3.63) is 29.6 Å². The molecule has 1 saturated heterocycles. The Morgan fingerprint density at radius 1 is 1.50 bits per heavy atom. The molecule has 2 rings (SSSR count). The van der Waals surface area contributed by atoms with Gasteiger partial charge in [0.15, 0.2) is 9.84 Å². The highest BCUT2D eigenvalue weighted by Gasteiger charge is 2.29. The van der Waals surface area contributed by atoms with Crippen molar-refractivity contribution >= 4 is 15.5 Å². The van der Waals surface area contributed by atoms with Crippen LogP contribution in [0.25, 0.3) is 0 Å². The van der Waals surface area contributed by atoms with E-state index in [9.17, 15) is 17.9 Å². The van der Waals surface area contributed by atoms with Crippen LogP contribution in [-0.4, -0.2) is 37.6 Å². The van der Waals surface area contributed by atoms with Crippen molar-refractivity contribution in [3.63, 3.8) is 0 Å². The van der Waals surface area contributed by atoms with Crippen LogP contribution in [0.2, 0.25) is 0 Å². The molecule has 0 radical (unpaired) electrons. The second-order valence-electron chi connectivity index (χ2n) is 4.55. The standard InChI is InChI=1S/C12H16FNO3S/c1-9-8-18(16,17)6-5-14(9)12-4-2-3-11(13)10(12)7-15/h2-4,9,15H,5-8H2,1H3. The minimum atomic E-state index is -3.00. The number of hydrogen-bond donors (Lipinski definition) is 1. The van der Waals surface area contributed by atoms with Gasteiger partial charge in [-0.2, -0.15) is 0 Å². The highest BCUT2D eigenvalue weighted by Crippen LogP contribution is 2.27. The van der Waals surface area contributed by atoms with E-state index in [1.54, 1.807) is 19.1 Å². The zero-order valence-corrected chi connectivity index (χ0v) is 11.0. The van der Waals surface area contributed by atoms with Gasteiger partial charge in [0.05, 0.1) is 18.1 Å². The minimum Gasteiger partial charge on any atom is -0.391 e. The Kier molecular flexibility index (Phi) is 3.59. The lowest BCUT2D eigenvalue weighted by Crippen LogP contribution is -2.47. The van der Waals surface area contributed by atoms with E-state index in [4.69, 9.17) is 0 Å². The van der Waals surface area contributed by atoms with Crippen molar-refractivity contribution in [2.24, 2.45) is 0 Å². The molecule has 4 nitrogen and oxygen atoms in total. The molecule has 1 atom stereocenters. The SMILES string of the molecule is CC1CS(=O)(=O)CCN1c1cccc(F)c1CO. The van der Waals surface area contributed by atoms with E-state index in [1.807, 2.05) is 4.90 Å². The van der Waals surface area contributed by atoms with Gasteiger partial charge in [0.2, 0.25) is 0 Å². The van der Waals surface area contributed by atoms with Crippen LogP contribution in [0.4, 0.5) is 10.1 Å². The van der Waals surface area contributed by atoms with Gasteiger partial charge in [0.25, 0.3) is 0 Å². The molecule has 1 aliphatic rings. The number of hydrogen-bond acceptors (Lipinski definition) is 4. The van der Waals surface area contributed by atoms with Gasteiger partial charge in [-0.15, -0.1) is 0 Å². The second-order valence-corrected chi connectivity index (χ2v) is 6.78. The Morgan fingerprint density at radius 3 is 2.83 bits per heavy atom. The molecule has 100 valence electrons. The van der Waals surface area contributed by atoms with Gasteiger partial charge in [0.1, 0.15) is 5.82 Å². The first-order valence-electron chi connectivity index (χ1n) is 5.80. The average Bonchev–Trinajstić information content (AvgIpc) is 2.27. The maximum atomic E-state index is 13.6. The second kappa shape index (κ2) is 4.85. The van der Waals surface area contributed by atoms with Crippen LogP contribution in [0.1, 0.15) is 12.5 Å². The molecule has 0 amide bonds. The predicted molar refractivity (Wildman–Crippen MR) is 67.8 cm³/mol. The summed E-state index contributed by atoms with van der Waals surface area (Å²) < 4.78 is 36.6. The first-order valence-corrected chi connectivity index (χ1v) is 7.62. The third-order valence-electron chi connectivity index (χ3n) is 3.23. The number of benzene rings is 1. The van der Waals surface area contributed by atoms with E-state index in [0.29, 0.717) is 12.2 Å². The third-order valence-corrected chi connectivity index (χ3v) is 5.03. The molecule has 1 aromatic rings. The van der Waals surface area contributed by atoms with Crippen LogP contribution < -0.4 is 4.90 Å². The normalized spacial score (nSPS) is 23.1. The molecule has 1 aliphatic heterocycles. The average molecular weight is 273 g/mol. The minimum absolute atomic E-state index is 0.0639. The summed E-state index contributed by atoms with van der Waals surface area (Å²) in [5, 5.41) is 9.23. The van der Waals surface area contributed by atoms with Crippen LogP contribution in [0, 0.1) is 5.82 Å². The van der Waals surface area contributed by atoms with Gasteiger partial charge in [-0.3, -0.25) is 0 Å². The van der Waals surface area contributed by atoms with Crippen molar-refractivity contribution in [3.8, 4) is 0 Å². The molecule has 18 heavy (non-hydrogen) atoms. The summed E-state index contributed by atoms with van der Waals surface area (Å²) in [5.41, 5.74) is 0.809. The van der Waals surface area contributed by atoms with Gasteiger partial charge in [-0.05, 0) is 19.1 Å². The van der Waals surface area contributed by atoms with Gasteiger partial charge in [-0.25, -0.2) is 12.8 Å². The Morgan fingerprint density at radius 2 is 2.22 bits per heavy atom. The molecule has 1 aromatic carbocycles. The lowest BCUT2D eigenvalue weighted by Gasteiger charge is -2.36. The Balaban J connectivity index is 2.36. The zero-order valence-electron chi connectivity index (χ0n) is 10.1. The van der Waals surface area contributed by atoms with E-state index >= 15 is 0 Å². The van der Waals surface area contributed by atoms with Crippen LogP contribution in [0.3, 0.4) is 0 Å². The molecule has 0 aliphatic carbocycles. The molecule has 6 heteroatoms. The van der Waals surface area contributed by atoms with Gasteiger partial charge >= 0.3 is 0 Å². The molecule has 0 spiro atoms. The van der Waals surface area contributed by atoms with Gasteiger partial charge < -0.3 is 10.0 Å². The Labute approximate surface area is 106 Å². The number of nitrogens with zero attached hydrogens (tertiary/aromatic N) is 1. The molecule has 0 saturated carbocycles. The van der Waals surface area contributed by atoms with Crippen molar-refractivity contribution < 1.29 is 17.9 Å². The summed E-state index contributed by atoms with van der Waals surface area (Å²) in [7, 11) is -3.00. The molecule has 1 N–H and O–H groups in total. The largest absolute Gasteiger partial charge is 0.391 e. The van der Waals surface area contributed by atoms with E-state index in [1.165, 1.54) is 6.07 Å². The molecule has 1 heterocycles. The molecule has 1 fully saturated rings. The first kappa shape index (κ1) is 13.3. The number of aliphatic hydroxyl groups excluding tert-OH is 1. The summed E-state index contributed by atoms with van der Waals surface area (Å²) in [5.74, 6) is -0.330. The monoisotopic (exact) mass is 273 g/mol. The number of halogens is 1. The fourth-order valence-electron chi connectivity index (χ4n) is 2.33. The van der Waals surface area contributed by atoms with Crippen molar-refractivity contribution in [1.82, 2.24) is 0 Å². The predicted octanol–water partition coefficient (Wildman–Crippen LogP) is 0.941. The fourth-order valence-corrected chi connectivity index (χ4v) is 3.89.